The highest BCUT2D eigenvalue weighted by Gasteiger charge is 2.33. The van der Waals surface area contributed by atoms with Crippen molar-refractivity contribution in [1.29, 1.82) is 0 Å². The molecular formula is C15H12ClN3O4. The summed E-state index contributed by atoms with van der Waals surface area (Å²) in [6.07, 6.45) is 1.42. The fourth-order valence-electron chi connectivity index (χ4n) is 2.20. The van der Waals surface area contributed by atoms with Gasteiger partial charge in [-0.05, 0) is 24.3 Å². The molecule has 23 heavy (non-hydrogen) atoms. The second-order valence-corrected chi connectivity index (χ2v) is 5.45. The zero-order valence-electron chi connectivity index (χ0n) is 11.9. The lowest BCUT2D eigenvalue weighted by atomic mass is 10.1. The van der Waals surface area contributed by atoms with Gasteiger partial charge in [-0.1, -0.05) is 11.6 Å². The summed E-state index contributed by atoms with van der Waals surface area (Å²) in [6, 6.07) is 8.92. The largest absolute Gasteiger partial charge is 0.470 e. The van der Waals surface area contributed by atoms with Gasteiger partial charge in [0.2, 0.25) is 5.88 Å². The fourth-order valence-corrected chi connectivity index (χ4v) is 2.37. The lowest BCUT2D eigenvalue weighted by Crippen LogP contribution is -2.56. The van der Waals surface area contributed by atoms with E-state index >= 15 is 0 Å². The Balaban J connectivity index is 1.57. The van der Waals surface area contributed by atoms with Crippen LogP contribution in [-0.2, 0) is 0 Å². The van der Waals surface area contributed by atoms with Crippen molar-refractivity contribution in [3.63, 3.8) is 0 Å². The third-order valence-electron chi connectivity index (χ3n) is 3.46. The Kier molecular flexibility index (Phi) is 4.12. The van der Waals surface area contributed by atoms with Gasteiger partial charge in [0.25, 0.3) is 11.6 Å². The molecule has 7 nitrogen and oxygen atoms in total. The summed E-state index contributed by atoms with van der Waals surface area (Å²) in [5.74, 6) is 0.161. The molecule has 0 spiro atoms. The van der Waals surface area contributed by atoms with Crippen LogP contribution in [-0.4, -0.2) is 39.9 Å². The maximum absolute atomic E-state index is 12.2. The molecule has 0 bridgehead atoms. The number of nitrogens with zero attached hydrogens (tertiary/aromatic N) is 3. The first-order valence-corrected chi connectivity index (χ1v) is 7.23. The van der Waals surface area contributed by atoms with Gasteiger partial charge >= 0.3 is 0 Å². The number of amides is 1. The van der Waals surface area contributed by atoms with Gasteiger partial charge < -0.3 is 9.64 Å². The molecule has 118 valence electrons. The van der Waals surface area contributed by atoms with Gasteiger partial charge in [0.1, 0.15) is 11.1 Å². The van der Waals surface area contributed by atoms with Crippen molar-refractivity contribution in [3.05, 3.63) is 63.3 Å². The van der Waals surface area contributed by atoms with Crippen LogP contribution in [0.1, 0.15) is 10.4 Å². The molecule has 0 atom stereocenters. The van der Waals surface area contributed by atoms with E-state index in [1.54, 1.807) is 23.2 Å². The Bertz CT molecular complexity index is 745. The molecule has 1 aromatic carbocycles. The number of likely N-dealkylation sites (tertiary alicyclic amines) is 1. The van der Waals surface area contributed by atoms with E-state index in [2.05, 4.69) is 4.98 Å². The van der Waals surface area contributed by atoms with Gasteiger partial charge in [0.15, 0.2) is 0 Å². The van der Waals surface area contributed by atoms with E-state index in [1.165, 1.54) is 24.3 Å². The zero-order valence-corrected chi connectivity index (χ0v) is 12.6. The molecule has 0 unspecified atom stereocenters. The van der Waals surface area contributed by atoms with Crippen LogP contribution in [0, 0.1) is 10.1 Å². The maximum Gasteiger partial charge on any atom is 0.269 e. The molecule has 1 aliphatic heterocycles. The topological polar surface area (TPSA) is 85.6 Å². The van der Waals surface area contributed by atoms with Crippen molar-refractivity contribution < 1.29 is 14.5 Å². The number of halogens is 1. The summed E-state index contributed by atoms with van der Waals surface area (Å²) in [4.78, 5) is 28.0. The summed E-state index contributed by atoms with van der Waals surface area (Å²) in [5, 5.41) is 11.0. The van der Waals surface area contributed by atoms with Gasteiger partial charge in [-0.15, -0.1) is 0 Å². The van der Waals surface area contributed by atoms with Crippen molar-refractivity contribution in [1.82, 2.24) is 9.88 Å². The zero-order chi connectivity index (χ0) is 16.4. The minimum Gasteiger partial charge on any atom is -0.470 e. The third-order valence-corrected chi connectivity index (χ3v) is 3.75. The van der Waals surface area contributed by atoms with Gasteiger partial charge in [-0.2, -0.15) is 0 Å². The molecule has 3 rings (SSSR count). The Labute approximate surface area is 136 Å². The number of benzene rings is 1. The third kappa shape index (κ3) is 3.24. The molecule has 1 aliphatic rings. The molecule has 0 saturated carbocycles. The second kappa shape index (κ2) is 6.21. The van der Waals surface area contributed by atoms with Crippen LogP contribution in [0.15, 0.2) is 42.6 Å². The minimum absolute atomic E-state index is 0.0452. The highest BCUT2D eigenvalue weighted by atomic mass is 35.5. The maximum atomic E-state index is 12.2. The van der Waals surface area contributed by atoms with Crippen LogP contribution >= 0.6 is 11.6 Å². The number of hydrogen-bond donors (Lipinski definition) is 0. The number of pyridine rings is 1. The fraction of sp³-hybridized carbons (Fsp3) is 0.200. The molecule has 1 fully saturated rings. The van der Waals surface area contributed by atoms with E-state index in [-0.39, 0.29) is 17.7 Å². The van der Waals surface area contributed by atoms with Crippen molar-refractivity contribution in [3.8, 4) is 5.88 Å². The average Bonchev–Trinajstić information content (AvgIpc) is 2.51. The molecule has 1 amide bonds. The van der Waals surface area contributed by atoms with E-state index in [9.17, 15) is 14.9 Å². The first-order chi connectivity index (χ1) is 11.0. The highest BCUT2D eigenvalue weighted by Crippen LogP contribution is 2.24. The van der Waals surface area contributed by atoms with Crippen LogP contribution in [0.25, 0.3) is 0 Å². The Morgan fingerprint density at radius 1 is 1.30 bits per heavy atom. The van der Waals surface area contributed by atoms with E-state index in [0.29, 0.717) is 29.6 Å². The second-order valence-electron chi connectivity index (χ2n) is 5.04. The van der Waals surface area contributed by atoms with E-state index in [4.69, 9.17) is 16.3 Å². The summed E-state index contributed by atoms with van der Waals surface area (Å²) in [7, 11) is 0. The van der Waals surface area contributed by atoms with Crippen molar-refractivity contribution in [2.45, 2.75) is 6.10 Å². The standard InChI is InChI=1S/C15H12ClN3O4/c16-13-2-1-7-17-14(13)23-12-8-18(9-12)15(20)10-3-5-11(6-4-10)19(21)22/h1-7,12H,8-9H2. The molecule has 0 aliphatic carbocycles. The van der Waals surface area contributed by atoms with Crippen LogP contribution < -0.4 is 4.74 Å². The predicted octanol–water partition coefficient (Wildman–Crippen LogP) is 2.55. The first-order valence-electron chi connectivity index (χ1n) is 6.85. The number of nitro benzene ring substituents is 1. The summed E-state index contributed by atoms with van der Waals surface area (Å²) < 4.78 is 5.62. The molecule has 1 saturated heterocycles. The minimum atomic E-state index is -0.502. The number of nitro groups is 1. The van der Waals surface area contributed by atoms with Gasteiger partial charge in [0.05, 0.1) is 18.0 Å². The number of carbonyl (C=O) groups excluding carboxylic acids is 1. The van der Waals surface area contributed by atoms with Gasteiger partial charge in [-0.25, -0.2) is 4.98 Å². The summed E-state index contributed by atoms with van der Waals surface area (Å²) in [6.45, 7) is 0.839. The molecule has 8 heteroatoms. The number of aromatic nitrogens is 1. The van der Waals surface area contributed by atoms with Gasteiger partial charge in [-0.3, -0.25) is 14.9 Å². The lowest BCUT2D eigenvalue weighted by Gasteiger charge is -2.38. The van der Waals surface area contributed by atoms with E-state index in [0.717, 1.165) is 0 Å². The highest BCUT2D eigenvalue weighted by molar-refractivity contribution is 6.31. The van der Waals surface area contributed by atoms with E-state index in [1.807, 2.05) is 0 Å². The van der Waals surface area contributed by atoms with Crippen LogP contribution in [0.5, 0.6) is 5.88 Å². The Morgan fingerprint density at radius 3 is 2.61 bits per heavy atom. The van der Waals surface area contributed by atoms with Crippen LogP contribution in [0.4, 0.5) is 5.69 Å². The predicted molar refractivity (Wildman–Crippen MR) is 82.7 cm³/mol. The van der Waals surface area contributed by atoms with Crippen molar-refractivity contribution in [2.75, 3.05) is 13.1 Å². The average molecular weight is 334 g/mol. The monoisotopic (exact) mass is 333 g/mol. The quantitative estimate of drug-likeness (QED) is 0.634. The number of rotatable bonds is 4. The lowest BCUT2D eigenvalue weighted by molar-refractivity contribution is -0.384. The Morgan fingerprint density at radius 2 is 2.00 bits per heavy atom. The van der Waals surface area contributed by atoms with Gasteiger partial charge in [0, 0.05) is 23.9 Å². The normalized spacial score (nSPS) is 14.2. The molecular weight excluding hydrogens is 322 g/mol. The Hall–Kier alpha value is -2.67. The summed E-state index contributed by atoms with van der Waals surface area (Å²) >= 11 is 5.96. The number of carbonyl (C=O) groups is 1. The molecule has 2 aromatic rings. The molecule has 0 radical (unpaired) electrons. The summed E-state index contributed by atoms with van der Waals surface area (Å²) in [5.41, 5.74) is 0.362. The van der Waals surface area contributed by atoms with Crippen LogP contribution in [0.3, 0.4) is 0 Å². The van der Waals surface area contributed by atoms with Crippen molar-refractivity contribution >= 4 is 23.2 Å². The number of non-ortho nitro benzene ring substituents is 1. The van der Waals surface area contributed by atoms with Crippen molar-refractivity contribution in [2.24, 2.45) is 0 Å². The first kappa shape index (κ1) is 15.2. The molecule has 0 N–H and O–H groups in total. The molecule has 2 heterocycles. The van der Waals surface area contributed by atoms with E-state index < -0.39 is 4.92 Å². The smallest absolute Gasteiger partial charge is 0.269 e. The number of ether oxygens (including phenoxy) is 1. The number of hydrogen-bond acceptors (Lipinski definition) is 5. The van der Waals surface area contributed by atoms with Crippen LogP contribution in [0.2, 0.25) is 5.02 Å². The molecule has 1 aromatic heterocycles. The SMILES string of the molecule is O=C(c1ccc([N+](=O)[O-])cc1)N1CC(Oc2ncccc2Cl)C1.